The fourth-order valence-corrected chi connectivity index (χ4v) is 1.36. The molecule has 0 heterocycles. The Bertz CT molecular complexity index is 228. The molecule has 0 spiro atoms. The van der Waals surface area contributed by atoms with Crippen molar-refractivity contribution in [2.75, 3.05) is 6.54 Å². The summed E-state index contributed by atoms with van der Waals surface area (Å²) in [7, 11) is 0. The lowest BCUT2D eigenvalue weighted by Gasteiger charge is -2.29. The number of hydrogen-bond acceptors (Lipinski definition) is 2. The molecule has 3 nitrogen and oxygen atoms in total. The topological polar surface area (TPSA) is 37.4 Å². The molecule has 0 saturated carbocycles. The van der Waals surface area contributed by atoms with Crippen molar-refractivity contribution in [2.24, 2.45) is 0 Å². The number of halogens is 3. The van der Waals surface area contributed by atoms with E-state index in [1.165, 1.54) is 6.92 Å². The van der Waals surface area contributed by atoms with Crippen molar-refractivity contribution in [1.29, 1.82) is 0 Å². The zero-order valence-electron chi connectivity index (χ0n) is 8.67. The maximum absolute atomic E-state index is 12.1. The maximum Gasteiger partial charge on any atom is 0.471 e. The fourth-order valence-electron chi connectivity index (χ4n) is 1.36. The maximum atomic E-state index is 12.1. The minimum atomic E-state index is -4.87. The van der Waals surface area contributed by atoms with Gasteiger partial charge in [0.1, 0.15) is 6.29 Å². The number of hydrogen-bond donors (Lipinski definition) is 0. The van der Waals surface area contributed by atoms with Crippen LogP contribution in [0.4, 0.5) is 13.2 Å². The molecule has 0 aromatic rings. The molecule has 0 aromatic heterocycles. The largest absolute Gasteiger partial charge is 0.471 e. The molecular weight excluding hydrogens is 211 g/mol. The van der Waals surface area contributed by atoms with Crippen molar-refractivity contribution in [1.82, 2.24) is 4.90 Å². The highest BCUT2D eigenvalue weighted by Gasteiger charge is 2.43. The Balaban J connectivity index is 4.72. The Morgan fingerprint density at radius 1 is 1.40 bits per heavy atom. The van der Waals surface area contributed by atoms with E-state index in [9.17, 15) is 22.8 Å². The van der Waals surface area contributed by atoms with Gasteiger partial charge in [-0.05, 0) is 13.3 Å². The molecule has 0 radical (unpaired) electrons. The van der Waals surface area contributed by atoms with Crippen LogP contribution in [-0.4, -0.2) is 35.9 Å². The molecule has 0 rings (SSSR count). The first-order valence-electron chi connectivity index (χ1n) is 4.69. The van der Waals surface area contributed by atoms with Crippen molar-refractivity contribution in [3.05, 3.63) is 0 Å². The number of amides is 1. The van der Waals surface area contributed by atoms with E-state index in [0.717, 1.165) is 0 Å². The fraction of sp³-hybridized carbons (Fsp3) is 0.778. The van der Waals surface area contributed by atoms with Gasteiger partial charge in [-0.2, -0.15) is 13.2 Å². The van der Waals surface area contributed by atoms with E-state index in [1.54, 1.807) is 6.92 Å². The van der Waals surface area contributed by atoms with E-state index in [2.05, 4.69) is 0 Å². The summed E-state index contributed by atoms with van der Waals surface area (Å²) in [6.07, 6.45) is -4.08. The molecule has 6 heteroatoms. The summed E-state index contributed by atoms with van der Waals surface area (Å²) in [5.41, 5.74) is 0. The Morgan fingerprint density at radius 3 is 2.20 bits per heavy atom. The number of carbonyl (C=O) groups is 2. The van der Waals surface area contributed by atoms with Gasteiger partial charge < -0.3 is 9.69 Å². The standard InChI is InChI=1S/C9H14F3NO2/c1-3-7(5-6-14)13(4-2)8(15)9(10,11)12/h6-7H,3-5H2,1-2H3. The van der Waals surface area contributed by atoms with E-state index in [4.69, 9.17) is 0 Å². The van der Waals surface area contributed by atoms with Crippen LogP contribution in [0.5, 0.6) is 0 Å². The quantitative estimate of drug-likeness (QED) is 0.668. The predicted molar refractivity (Wildman–Crippen MR) is 48.2 cm³/mol. The third-order valence-electron chi connectivity index (χ3n) is 2.12. The minimum absolute atomic E-state index is 0.0509. The van der Waals surface area contributed by atoms with Crippen LogP contribution in [0.1, 0.15) is 26.7 Å². The normalized spacial score (nSPS) is 13.4. The average molecular weight is 225 g/mol. The van der Waals surface area contributed by atoms with Gasteiger partial charge >= 0.3 is 12.1 Å². The summed E-state index contributed by atoms with van der Waals surface area (Å²) in [4.78, 5) is 21.9. The molecule has 1 amide bonds. The zero-order valence-corrected chi connectivity index (χ0v) is 8.67. The van der Waals surface area contributed by atoms with Crippen molar-refractivity contribution >= 4 is 12.2 Å². The van der Waals surface area contributed by atoms with Gasteiger partial charge in [0.25, 0.3) is 0 Å². The highest BCUT2D eigenvalue weighted by atomic mass is 19.4. The summed E-state index contributed by atoms with van der Waals surface area (Å²) in [6, 6.07) is -0.665. The van der Waals surface area contributed by atoms with Gasteiger partial charge in [-0.25, -0.2) is 0 Å². The van der Waals surface area contributed by atoms with E-state index in [0.29, 0.717) is 17.6 Å². The van der Waals surface area contributed by atoms with E-state index in [1.807, 2.05) is 0 Å². The van der Waals surface area contributed by atoms with Gasteiger partial charge in [0.15, 0.2) is 0 Å². The first-order chi connectivity index (χ1) is 6.88. The number of alkyl halides is 3. The van der Waals surface area contributed by atoms with Crippen LogP contribution in [-0.2, 0) is 9.59 Å². The second-order valence-corrected chi connectivity index (χ2v) is 3.05. The molecule has 15 heavy (non-hydrogen) atoms. The second-order valence-electron chi connectivity index (χ2n) is 3.05. The van der Waals surface area contributed by atoms with Crippen LogP contribution in [0.3, 0.4) is 0 Å². The van der Waals surface area contributed by atoms with Crippen LogP contribution >= 0.6 is 0 Å². The average Bonchev–Trinajstić information content (AvgIpc) is 2.15. The molecule has 1 unspecified atom stereocenters. The number of nitrogens with zero attached hydrogens (tertiary/aromatic N) is 1. The number of carbonyl (C=O) groups excluding carboxylic acids is 2. The molecule has 0 aliphatic carbocycles. The minimum Gasteiger partial charge on any atom is -0.332 e. The van der Waals surface area contributed by atoms with Crippen LogP contribution in [0.2, 0.25) is 0 Å². The van der Waals surface area contributed by atoms with E-state index in [-0.39, 0.29) is 13.0 Å². The summed E-state index contributed by atoms with van der Waals surface area (Å²) in [6.45, 7) is 3.04. The first kappa shape index (κ1) is 13.9. The monoisotopic (exact) mass is 225 g/mol. The van der Waals surface area contributed by atoms with Gasteiger partial charge in [-0.1, -0.05) is 6.92 Å². The summed E-state index contributed by atoms with van der Waals surface area (Å²) < 4.78 is 36.4. The Kier molecular flexibility index (Phi) is 5.32. The highest BCUT2D eigenvalue weighted by Crippen LogP contribution is 2.21. The predicted octanol–water partition coefficient (Wildman–Crippen LogP) is 1.76. The molecule has 0 bridgehead atoms. The van der Waals surface area contributed by atoms with Gasteiger partial charge in [0.2, 0.25) is 0 Å². The third kappa shape index (κ3) is 3.89. The van der Waals surface area contributed by atoms with Gasteiger partial charge in [-0.15, -0.1) is 0 Å². The zero-order chi connectivity index (χ0) is 12.1. The van der Waals surface area contributed by atoms with Gasteiger partial charge in [0.05, 0.1) is 0 Å². The third-order valence-corrected chi connectivity index (χ3v) is 2.12. The summed E-state index contributed by atoms with van der Waals surface area (Å²) in [5, 5.41) is 0. The van der Waals surface area contributed by atoms with E-state index >= 15 is 0 Å². The number of aldehydes is 1. The second kappa shape index (κ2) is 5.72. The SMILES string of the molecule is CCC(CC=O)N(CC)C(=O)C(F)(F)F. The molecule has 1 atom stereocenters. The Labute approximate surface area is 86.2 Å². The van der Waals surface area contributed by atoms with Crippen molar-refractivity contribution in [2.45, 2.75) is 38.9 Å². The van der Waals surface area contributed by atoms with Crippen molar-refractivity contribution in [3.63, 3.8) is 0 Å². The molecule has 0 aromatic carbocycles. The van der Waals surface area contributed by atoms with Crippen molar-refractivity contribution in [3.8, 4) is 0 Å². The smallest absolute Gasteiger partial charge is 0.332 e. The number of rotatable bonds is 5. The molecule has 0 N–H and O–H groups in total. The lowest BCUT2D eigenvalue weighted by atomic mass is 10.1. The molecular formula is C9H14F3NO2. The lowest BCUT2D eigenvalue weighted by Crippen LogP contribution is -2.46. The summed E-state index contributed by atoms with van der Waals surface area (Å²) in [5.74, 6) is -1.88. The van der Waals surface area contributed by atoms with Crippen LogP contribution in [0, 0.1) is 0 Å². The van der Waals surface area contributed by atoms with Gasteiger partial charge in [-0.3, -0.25) is 4.79 Å². The molecule has 0 saturated heterocycles. The molecule has 0 aliphatic heterocycles. The van der Waals surface area contributed by atoms with Crippen LogP contribution in [0.25, 0.3) is 0 Å². The lowest BCUT2D eigenvalue weighted by molar-refractivity contribution is -0.187. The summed E-state index contributed by atoms with van der Waals surface area (Å²) >= 11 is 0. The highest BCUT2D eigenvalue weighted by molar-refractivity contribution is 5.82. The molecule has 0 fully saturated rings. The van der Waals surface area contributed by atoms with Gasteiger partial charge in [0, 0.05) is 19.0 Å². The van der Waals surface area contributed by atoms with Crippen LogP contribution < -0.4 is 0 Å². The molecule has 88 valence electrons. The molecule has 0 aliphatic rings. The van der Waals surface area contributed by atoms with Crippen molar-refractivity contribution < 1.29 is 22.8 Å². The first-order valence-corrected chi connectivity index (χ1v) is 4.69. The Morgan fingerprint density at radius 2 is 1.93 bits per heavy atom. The van der Waals surface area contributed by atoms with Crippen LogP contribution in [0.15, 0.2) is 0 Å². The Hall–Kier alpha value is -1.07. The van der Waals surface area contributed by atoms with E-state index < -0.39 is 18.1 Å².